The number of fused-ring (bicyclic) bond motifs is 1. The summed E-state index contributed by atoms with van der Waals surface area (Å²) in [6.07, 6.45) is 0.432. The highest BCUT2D eigenvalue weighted by Crippen LogP contribution is 2.37. The maximum Gasteiger partial charge on any atom is 0.407 e. The second-order valence-corrected chi connectivity index (χ2v) is 9.31. The maximum atomic E-state index is 13.2. The van der Waals surface area contributed by atoms with E-state index in [0.717, 1.165) is 10.0 Å². The number of carbonyl (C=O) groups excluding carboxylic acids is 1. The van der Waals surface area contributed by atoms with Crippen molar-refractivity contribution in [2.45, 2.75) is 6.54 Å². The first-order valence-electron chi connectivity index (χ1n) is 9.99. The molecule has 2 N–H and O–H groups in total. The number of hydrogen-bond acceptors (Lipinski definition) is 6. The lowest BCUT2D eigenvalue weighted by atomic mass is 10.2. The van der Waals surface area contributed by atoms with Crippen LogP contribution in [0.2, 0.25) is 10.0 Å². The molecule has 0 fully saturated rings. The summed E-state index contributed by atoms with van der Waals surface area (Å²) < 4.78 is 0.779. The molecule has 0 saturated heterocycles. The van der Waals surface area contributed by atoms with E-state index in [9.17, 15) is 9.59 Å². The zero-order valence-corrected chi connectivity index (χ0v) is 21.2. The molecule has 0 saturated carbocycles. The van der Waals surface area contributed by atoms with Crippen molar-refractivity contribution in [2.24, 2.45) is 0 Å². The third-order valence-electron chi connectivity index (χ3n) is 5.20. The van der Waals surface area contributed by atoms with Crippen LogP contribution in [-0.2, 0) is 6.54 Å². The first-order valence-corrected chi connectivity index (χ1v) is 11.5. The standard InChI is InChI=1S/C22H19BrCl2N6O3/c1-29(22(33)34)10-12-8-13(6-7-15(12)23)27-21-26-9-14-19(28-21)30(2)11-31(20(14)32)18-16(24)4-3-5-17(18)25/h3-9H,10-11H2,1-2H3,(H,33,34)(H,26,27,28). The highest BCUT2D eigenvalue weighted by molar-refractivity contribution is 9.10. The van der Waals surface area contributed by atoms with Gasteiger partial charge in [-0.2, -0.15) is 4.98 Å². The molecule has 2 heterocycles. The Morgan fingerprint density at radius 2 is 1.97 bits per heavy atom. The summed E-state index contributed by atoms with van der Waals surface area (Å²) in [5, 5.41) is 13.0. The normalized spacial score (nSPS) is 13.0. The fourth-order valence-corrected chi connectivity index (χ4v) is 4.48. The number of carboxylic acid groups (broad SMARTS) is 1. The number of rotatable bonds is 5. The van der Waals surface area contributed by atoms with E-state index in [1.165, 1.54) is 23.0 Å². The molecule has 0 spiro atoms. The van der Waals surface area contributed by atoms with Crippen molar-refractivity contribution in [1.82, 2.24) is 14.9 Å². The highest BCUT2D eigenvalue weighted by atomic mass is 79.9. The van der Waals surface area contributed by atoms with Crippen LogP contribution >= 0.6 is 39.1 Å². The number of anilines is 4. The van der Waals surface area contributed by atoms with Gasteiger partial charge in [-0.05, 0) is 35.9 Å². The van der Waals surface area contributed by atoms with Gasteiger partial charge in [-0.3, -0.25) is 9.69 Å². The minimum absolute atomic E-state index is 0.203. The molecule has 3 aromatic rings. The molecule has 0 bridgehead atoms. The van der Waals surface area contributed by atoms with E-state index in [-0.39, 0.29) is 19.1 Å². The molecule has 1 aliphatic rings. The summed E-state index contributed by atoms with van der Waals surface area (Å²) in [7, 11) is 3.30. The molecule has 1 aromatic heterocycles. The Labute approximate surface area is 214 Å². The highest BCUT2D eigenvalue weighted by Gasteiger charge is 2.32. The minimum atomic E-state index is -1.02. The third kappa shape index (κ3) is 4.75. The Balaban J connectivity index is 1.60. The van der Waals surface area contributed by atoms with Gasteiger partial charge in [-0.1, -0.05) is 45.2 Å². The quantitative estimate of drug-likeness (QED) is 0.424. The Hall–Kier alpha value is -3.08. The van der Waals surface area contributed by atoms with E-state index in [1.807, 2.05) is 18.2 Å². The van der Waals surface area contributed by atoms with Gasteiger partial charge in [0.15, 0.2) is 0 Å². The molecule has 2 aromatic carbocycles. The van der Waals surface area contributed by atoms with Gasteiger partial charge < -0.3 is 20.2 Å². The number of halogens is 3. The summed E-state index contributed by atoms with van der Waals surface area (Å²) in [4.78, 5) is 37.7. The Kier molecular flexibility index (Phi) is 6.83. The van der Waals surface area contributed by atoms with Crippen molar-refractivity contribution in [3.05, 3.63) is 68.2 Å². The molecular weight excluding hydrogens is 547 g/mol. The molecule has 9 nitrogen and oxygen atoms in total. The Morgan fingerprint density at radius 1 is 1.26 bits per heavy atom. The van der Waals surface area contributed by atoms with Crippen LogP contribution in [0.5, 0.6) is 0 Å². The number of aromatic nitrogens is 2. The van der Waals surface area contributed by atoms with E-state index in [2.05, 4.69) is 31.2 Å². The number of benzene rings is 2. The van der Waals surface area contributed by atoms with Crippen molar-refractivity contribution >= 4 is 74.3 Å². The first-order chi connectivity index (χ1) is 16.2. The maximum absolute atomic E-state index is 13.2. The second-order valence-electron chi connectivity index (χ2n) is 7.64. The van der Waals surface area contributed by atoms with E-state index in [0.29, 0.717) is 38.7 Å². The molecule has 4 rings (SSSR count). The van der Waals surface area contributed by atoms with E-state index < -0.39 is 6.09 Å². The molecule has 12 heteroatoms. The van der Waals surface area contributed by atoms with Gasteiger partial charge in [0.2, 0.25) is 5.95 Å². The van der Waals surface area contributed by atoms with Crippen LogP contribution in [-0.4, -0.2) is 52.7 Å². The summed E-state index contributed by atoms with van der Waals surface area (Å²) in [5.74, 6) is 0.449. The topological polar surface area (TPSA) is 102 Å². The number of nitrogens with zero attached hydrogens (tertiary/aromatic N) is 5. The van der Waals surface area contributed by atoms with Crippen LogP contribution in [0.1, 0.15) is 15.9 Å². The average molecular weight is 566 g/mol. The largest absolute Gasteiger partial charge is 0.465 e. The zero-order chi connectivity index (χ0) is 24.6. The summed E-state index contributed by atoms with van der Waals surface area (Å²) in [6.45, 7) is 0.407. The monoisotopic (exact) mass is 564 g/mol. The van der Waals surface area contributed by atoms with Crippen LogP contribution in [0.3, 0.4) is 0 Å². The van der Waals surface area contributed by atoms with Crippen molar-refractivity contribution in [3.8, 4) is 0 Å². The molecular formula is C22H19BrCl2N6O3. The van der Waals surface area contributed by atoms with Gasteiger partial charge in [-0.15, -0.1) is 0 Å². The Bertz CT molecular complexity index is 1270. The van der Waals surface area contributed by atoms with Crippen LogP contribution < -0.4 is 15.1 Å². The number of hydrogen-bond donors (Lipinski definition) is 2. The van der Waals surface area contributed by atoms with Crippen LogP contribution in [0.25, 0.3) is 0 Å². The fraction of sp³-hybridized carbons (Fsp3) is 0.182. The zero-order valence-electron chi connectivity index (χ0n) is 18.1. The lowest BCUT2D eigenvalue weighted by Gasteiger charge is -2.35. The number of amides is 2. The summed E-state index contributed by atoms with van der Waals surface area (Å²) in [6, 6.07) is 10.5. The van der Waals surface area contributed by atoms with Gasteiger partial charge in [0, 0.05) is 37.0 Å². The van der Waals surface area contributed by atoms with E-state index in [4.69, 9.17) is 28.3 Å². The Morgan fingerprint density at radius 3 is 2.65 bits per heavy atom. The van der Waals surface area contributed by atoms with E-state index in [1.54, 1.807) is 30.1 Å². The van der Waals surface area contributed by atoms with Gasteiger partial charge in [0.1, 0.15) is 11.4 Å². The molecule has 0 atom stereocenters. The lowest BCUT2D eigenvalue weighted by Crippen LogP contribution is -2.46. The predicted octanol–water partition coefficient (Wildman–Crippen LogP) is 5.45. The molecule has 0 aliphatic carbocycles. The van der Waals surface area contributed by atoms with Gasteiger partial charge in [0.05, 0.1) is 22.4 Å². The first kappa shape index (κ1) is 24.1. The number of carbonyl (C=O) groups is 2. The van der Waals surface area contributed by atoms with Crippen molar-refractivity contribution in [2.75, 3.05) is 35.9 Å². The van der Waals surface area contributed by atoms with Crippen molar-refractivity contribution < 1.29 is 14.7 Å². The predicted molar refractivity (Wildman–Crippen MR) is 135 cm³/mol. The fourth-order valence-electron chi connectivity index (χ4n) is 3.51. The second kappa shape index (κ2) is 9.65. The van der Waals surface area contributed by atoms with Crippen LogP contribution in [0.4, 0.5) is 27.9 Å². The van der Waals surface area contributed by atoms with Crippen LogP contribution in [0.15, 0.2) is 47.1 Å². The summed E-state index contributed by atoms with van der Waals surface area (Å²) >= 11 is 16.1. The van der Waals surface area contributed by atoms with Crippen LogP contribution in [0, 0.1) is 0 Å². The van der Waals surface area contributed by atoms with Gasteiger partial charge >= 0.3 is 6.09 Å². The molecule has 34 heavy (non-hydrogen) atoms. The minimum Gasteiger partial charge on any atom is -0.465 e. The lowest BCUT2D eigenvalue weighted by molar-refractivity contribution is 0.0982. The smallest absolute Gasteiger partial charge is 0.407 e. The number of nitrogens with one attached hydrogen (secondary N) is 1. The molecule has 0 radical (unpaired) electrons. The SMILES string of the molecule is CN(Cc1cc(Nc2ncc3c(n2)N(C)CN(c2c(Cl)cccc2Cl)C3=O)ccc1Br)C(=O)O. The average Bonchev–Trinajstić information content (AvgIpc) is 2.79. The molecule has 0 unspecified atom stereocenters. The number of para-hydroxylation sites is 1. The van der Waals surface area contributed by atoms with Gasteiger partial charge in [0.25, 0.3) is 5.91 Å². The molecule has 176 valence electrons. The molecule has 1 aliphatic heterocycles. The van der Waals surface area contributed by atoms with Crippen molar-refractivity contribution in [1.29, 1.82) is 0 Å². The van der Waals surface area contributed by atoms with E-state index >= 15 is 0 Å². The molecule has 2 amide bonds. The summed E-state index contributed by atoms with van der Waals surface area (Å²) in [5.41, 5.74) is 2.19. The van der Waals surface area contributed by atoms with Gasteiger partial charge in [-0.25, -0.2) is 9.78 Å². The van der Waals surface area contributed by atoms with Crippen molar-refractivity contribution in [3.63, 3.8) is 0 Å². The third-order valence-corrected chi connectivity index (χ3v) is 6.59.